The molecule has 2 N–H and O–H groups in total. The second-order valence-electron chi connectivity index (χ2n) is 6.67. The maximum atomic E-state index is 5.81. The summed E-state index contributed by atoms with van der Waals surface area (Å²) in [4.78, 5) is 2.67. The molecular formula is C18H30N2. The van der Waals surface area contributed by atoms with Gasteiger partial charge in [0.15, 0.2) is 0 Å². The second-order valence-corrected chi connectivity index (χ2v) is 6.67. The first-order valence-electron chi connectivity index (χ1n) is 8.17. The molecule has 0 aliphatic heterocycles. The summed E-state index contributed by atoms with van der Waals surface area (Å²) in [6.07, 6.45) is 6.63. The van der Waals surface area contributed by atoms with Gasteiger partial charge in [-0.2, -0.15) is 0 Å². The Morgan fingerprint density at radius 3 is 2.30 bits per heavy atom. The zero-order chi connectivity index (χ0) is 14.6. The molecule has 0 aromatic heterocycles. The van der Waals surface area contributed by atoms with Crippen LogP contribution in [0.25, 0.3) is 0 Å². The third-order valence-electron chi connectivity index (χ3n) is 4.66. The minimum absolute atomic E-state index is 0.407. The zero-order valence-corrected chi connectivity index (χ0v) is 13.4. The Labute approximate surface area is 124 Å². The Morgan fingerprint density at radius 1 is 1.15 bits per heavy atom. The van der Waals surface area contributed by atoms with Crippen molar-refractivity contribution in [2.24, 2.45) is 0 Å². The molecule has 1 saturated carbocycles. The fraction of sp³-hybridized carbons (Fsp3) is 0.667. The summed E-state index contributed by atoms with van der Waals surface area (Å²) in [5.41, 5.74) is 8.57. The van der Waals surface area contributed by atoms with Crippen molar-refractivity contribution < 1.29 is 0 Å². The van der Waals surface area contributed by atoms with Crippen molar-refractivity contribution in [3.8, 4) is 0 Å². The van der Waals surface area contributed by atoms with E-state index in [-0.39, 0.29) is 0 Å². The van der Waals surface area contributed by atoms with Gasteiger partial charge in [-0.25, -0.2) is 0 Å². The smallest absolute Gasteiger partial charge is 0.0314 e. The number of anilines is 1. The van der Waals surface area contributed by atoms with E-state index >= 15 is 0 Å². The van der Waals surface area contributed by atoms with E-state index in [9.17, 15) is 0 Å². The van der Waals surface area contributed by atoms with Crippen LogP contribution >= 0.6 is 0 Å². The van der Waals surface area contributed by atoms with E-state index in [1.54, 1.807) is 0 Å². The highest BCUT2D eigenvalue weighted by molar-refractivity contribution is 5.43. The first kappa shape index (κ1) is 15.4. The van der Waals surface area contributed by atoms with Gasteiger partial charge >= 0.3 is 0 Å². The monoisotopic (exact) mass is 274 g/mol. The minimum Gasteiger partial charge on any atom is -0.399 e. The third kappa shape index (κ3) is 3.76. The molecule has 2 heteroatoms. The molecule has 1 aromatic carbocycles. The van der Waals surface area contributed by atoms with Crippen molar-refractivity contribution in [2.45, 2.75) is 64.3 Å². The van der Waals surface area contributed by atoms with Crippen molar-refractivity contribution in [3.63, 3.8) is 0 Å². The summed E-state index contributed by atoms with van der Waals surface area (Å²) in [6.45, 7) is 9.37. The molecule has 1 aliphatic rings. The van der Waals surface area contributed by atoms with Crippen molar-refractivity contribution in [1.29, 1.82) is 0 Å². The fourth-order valence-electron chi connectivity index (χ4n) is 3.00. The average Bonchev–Trinajstić information content (AvgIpc) is 3.19. The van der Waals surface area contributed by atoms with E-state index in [0.717, 1.165) is 5.69 Å². The van der Waals surface area contributed by atoms with Crippen LogP contribution < -0.4 is 5.73 Å². The number of hydrogen-bond donors (Lipinski definition) is 1. The van der Waals surface area contributed by atoms with E-state index in [2.05, 4.69) is 37.8 Å². The van der Waals surface area contributed by atoms with Crippen LogP contribution in [0.3, 0.4) is 0 Å². The van der Waals surface area contributed by atoms with Gasteiger partial charge in [-0.05, 0) is 57.4 Å². The first-order chi connectivity index (χ1) is 9.57. The lowest BCUT2D eigenvalue weighted by atomic mass is 9.94. The predicted molar refractivity (Wildman–Crippen MR) is 88.0 cm³/mol. The van der Waals surface area contributed by atoms with Crippen molar-refractivity contribution >= 4 is 5.69 Å². The van der Waals surface area contributed by atoms with Crippen LogP contribution in [0, 0.1) is 0 Å². The van der Waals surface area contributed by atoms with E-state index in [0.29, 0.717) is 11.5 Å². The summed E-state index contributed by atoms with van der Waals surface area (Å²) in [6, 6.07) is 9.19. The van der Waals surface area contributed by atoms with Crippen LogP contribution in [0.4, 0.5) is 5.69 Å². The van der Waals surface area contributed by atoms with Gasteiger partial charge in [0.1, 0.15) is 0 Å². The van der Waals surface area contributed by atoms with Crippen LogP contribution in [0.15, 0.2) is 24.3 Å². The van der Waals surface area contributed by atoms with Crippen molar-refractivity contribution in [1.82, 2.24) is 4.90 Å². The lowest BCUT2D eigenvalue weighted by molar-refractivity contribution is 0.197. The highest BCUT2D eigenvalue weighted by atomic mass is 15.2. The third-order valence-corrected chi connectivity index (χ3v) is 4.66. The molecule has 0 radical (unpaired) electrons. The standard InChI is InChI=1S/C18H30N2/c1-4-5-6-13-20(15(2)3)14-18(11-12-18)16-7-9-17(19)10-8-16/h7-10,15H,4-6,11-14,19H2,1-3H3. The van der Waals surface area contributed by atoms with Crippen molar-refractivity contribution in [3.05, 3.63) is 29.8 Å². The molecule has 0 atom stereocenters. The molecular weight excluding hydrogens is 244 g/mol. The number of rotatable bonds is 8. The van der Waals surface area contributed by atoms with Crippen LogP contribution in [0.1, 0.15) is 58.4 Å². The average molecular weight is 274 g/mol. The van der Waals surface area contributed by atoms with Crippen molar-refractivity contribution in [2.75, 3.05) is 18.8 Å². The minimum atomic E-state index is 0.407. The summed E-state index contributed by atoms with van der Waals surface area (Å²) in [5, 5.41) is 0. The quantitative estimate of drug-likeness (QED) is 0.568. The van der Waals surface area contributed by atoms with Gasteiger partial charge in [-0.1, -0.05) is 31.9 Å². The van der Waals surface area contributed by atoms with Gasteiger partial charge in [0.25, 0.3) is 0 Å². The Bertz CT molecular complexity index is 404. The predicted octanol–water partition coefficient (Wildman–Crippen LogP) is 4.20. The first-order valence-corrected chi connectivity index (χ1v) is 8.17. The molecule has 0 heterocycles. The van der Waals surface area contributed by atoms with E-state index in [1.165, 1.54) is 50.8 Å². The summed E-state index contributed by atoms with van der Waals surface area (Å²) in [7, 11) is 0. The number of benzene rings is 1. The number of nitrogens with two attached hydrogens (primary N) is 1. The molecule has 1 aromatic rings. The van der Waals surface area contributed by atoms with E-state index in [4.69, 9.17) is 5.73 Å². The largest absolute Gasteiger partial charge is 0.399 e. The van der Waals surface area contributed by atoms with Crippen LogP contribution in [0.2, 0.25) is 0 Å². The maximum absolute atomic E-state index is 5.81. The lowest BCUT2D eigenvalue weighted by Gasteiger charge is -2.31. The van der Waals surface area contributed by atoms with Gasteiger partial charge in [0.2, 0.25) is 0 Å². The van der Waals surface area contributed by atoms with Gasteiger partial charge < -0.3 is 10.6 Å². The summed E-state index contributed by atoms with van der Waals surface area (Å²) < 4.78 is 0. The maximum Gasteiger partial charge on any atom is 0.0314 e. The van der Waals surface area contributed by atoms with E-state index < -0.39 is 0 Å². The Balaban J connectivity index is 2.00. The van der Waals surface area contributed by atoms with Gasteiger partial charge in [0.05, 0.1) is 0 Å². The van der Waals surface area contributed by atoms with Gasteiger partial charge in [-0.15, -0.1) is 0 Å². The molecule has 2 rings (SSSR count). The molecule has 2 nitrogen and oxygen atoms in total. The summed E-state index contributed by atoms with van der Waals surface area (Å²) >= 11 is 0. The number of nitrogens with zero attached hydrogens (tertiary/aromatic N) is 1. The normalized spacial score (nSPS) is 16.9. The number of unbranched alkanes of at least 4 members (excludes halogenated alkanes) is 2. The molecule has 1 aliphatic carbocycles. The van der Waals surface area contributed by atoms with Gasteiger partial charge in [0, 0.05) is 23.7 Å². The highest BCUT2D eigenvalue weighted by Crippen LogP contribution is 2.49. The lowest BCUT2D eigenvalue weighted by Crippen LogP contribution is -2.38. The zero-order valence-electron chi connectivity index (χ0n) is 13.4. The number of nitrogen functional groups attached to an aromatic ring is 1. The second kappa shape index (κ2) is 6.62. The van der Waals surface area contributed by atoms with Crippen LogP contribution in [-0.2, 0) is 5.41 Å². The van der Waals surface area contributed by atoms with Crippen LogP contribution in [0.5, 0.6) is 0 Å². The molecule has 0 spiro atoms. The highest BCUT2D eigenvalue weighted by Gasteiger charge is 2.45. The molecule has 0 amide bonds. The van der Waals surface area contributed by atoms with E-state index in [1.807, 2.05) is 12.1 Å². The molecule has 0 saturated heterocycles. The molecule has 1 fully saturated rings. The van der Waals surface area contributed by atoms with Crippen LogP contribution in [-0.4, -0.2) is 24.0 Å². The Hall–Kier alpha value is -1.02. The molecule has 20 heavy (non-hydrogen) atoms. The SMILES string of the molecule is CCCCCN(CC1(c2ccc(N)cc2)CC1)C(C)C. The number of hydrogen-bond acceptors (Lipinski definition) is 2. The molecule has 0 bridgehead atoms. The summed E-state index contributed by atoms with van der Waals surface area (Å²) in [5.74, 6) is 0. The Kier molecular flexibility index (Phi) is 5.09. The molecule has 0 unspecified atom stereocenters. The fourth-order valence-corrected chi connectivity index (χ4v) is 3.00. The Morgan fingerprint density at radius 2 is 1.80 bits per heavy atom. The van der Waals surface area contributed by atoms with Gasteiger partial charge in [-0.3, -0.25) is 0 Å². The topological polar surface area (TPSA) is 29.3 Å². The molecule has 112 valence electrons.